The Morgan fingerprint density at radius 1 is 1.50 bits per heavy atom. The van der Waals surface area contributed by atoms with Crippen molar-refractivity contribution in [3.05, 3.63) is 29.3 Å². The zero-order valence-electron chi connectivity index (χ0n) is 11.1. The molecule has 0 aliphatic rings. The third-order valence-electron chi connectivity index (χ3n) is 2.91. The zero-order valence-corrected chi connectivity index (χ0v) is 11.8. The molecule has 0 bridgehead atoms. The fourth-order valence-electron chi connectivity index (χ4n) is 1.94. The maximum Gasteiger partial charge on any atom is 0.328 e. The SMILES string of the molecule is CCCC(C)C(Nc1cccc(Cl)c1)C(=O)OC. The number of carbonyl (C=O) groups excluding carboxylic acids is 1. The smallest absolute Gasteiger partial charge is 0.328 e. The first-order valence-corrected chi connectivity index (χ1v) is 6.56. The molecule has 1 aromatic rings. The van der Waals surface area contributed by atoms with Crippen molar-refractivity contribution >= 4 is 23.3 Å². The van der Waals surface area contributed by atoms with E-state index in [-0.39, 0.29) is 17.9 Å². The second-order valence-corrected chi connectivity index (χ2v) is 4.86. The van der Waals surface area contributed by atoms with E-state index in [1.165, 1.54) is 7.11 Å². The summed E-state index contributed by atoms with van der Waals surface area (Å²) in [7, 11) is 1.41. The molecule has 0 saturated heterocycles. The Kier molecular flexibility index (Phi) is 5.99. The number of benzene rings is 1. The van der Waals surface area contributed by atoms with Crippen LogP contribution in [-0.2, 0) is 9.53 Å². The lowest BCUT2D eigenvalue weighted by Gasteiger charge is -2.23. The number of anilines is 1. The molecule has 1 rings (SSSR count). The maximum absolute atomic E-state index is 11.8. The van der Waals surface area contributed by atoms with E-state index in [0.29, 0.717) is 5.02 Å². The molecule has 0 aromatic heterocycles. The Morgan fingerprint density at radius 2 is 2.22 bits per heavy atom. The highest BCUT2D eigenvalue weighted by Crippen LogP contribution is 2.20. The van der Waals surface area contributed by atoms with Crippen LogP contribution in [0.4, 0.5) is 5.69 Å². The van der Waals surface area contributed by atoms with Crippen LogP contribution in [0, 0.1) is 5.92 Å². The van der Waals surface area contributed by atoms with Gasteiger partial charge in [-0.25, -0.2) is 4.79 Å². The van der Waals surface area contributed by atoms with Crippen LogP contribution in [0.3, 0.4) is 0 Å². The minimum Gasteiger partial charge on any atom is -0.467 e. The number of esters is 1. The van der Waals surface area contributed by atoms with Gasteiger partial charge in [0, 0.05) is 10.7 Å². The van der Waals surface area contributed by atoms with Gasteiger partial charge in [0.2, 0.25) is 0 Å². The fourth-order valence-corrected chi connectivity index (χ4v) is 2.13. The normalized spacial score (nSPS) is 13.8. The van der Waals surface area contributed by atoms with Crippen molar-refractivity contribution in [2.24, 2.45) is 5.92 Å². The van der Waals surface area contributed by atoms with Crippen molar-refractivity contribution < 1.29 is 9.53 Å². The topological polar surface area (TPSA) is 38.3 Å². The molecule has 0 amide bonds. The summed E-state index contributed by atoms with van der Waals surface area (Å²) in [5.74, 6) is -0.0302. The fraction of sp³-hybridized carbons (Fsp3) is 0.500. The van der Waals surface area contributed by atoms with Gasteiger partial charge < -0.3 is 10.1 Å². The van der Waals surface area contributed by atoms with E-state index in [0.717, 1.165) is 18.5 Å². The average Bonchev–Trinajstić information content (AvgIpc) is 2.35. The van der Waals surface area contributed by atoms with Gasteiger partial charge in [-0.2, -0.15) is 0 Å². The summed E-state index contributed by atoms with van der Waals surface area (Å²) in [6, 6.07) is 7.00. The molecule has 4 heteroatoms. The maximum atomic E-state index is 11.8. The van der Waals surface area contributed by atoms with E-state index in [2.05, 4.69) is 12.2 Å². The highest BCUT2D eigenvalue weighted by molar-refractivity contribution is 6.30. The first kappa shape index (κ1) is 14.8. The average molecular weight is 270 g/mol. The Hall–Kier alpha value is -1.22. The molecule has 2 atom stereocenters. The third-order valence-corrected chi connectivity index (χ3v) is 3.15. The van der Waals surface area contributed by atoms with Gasteiger partial charge in [0.1, 0.15) is 6.04 Å². The first-order chi connectivity index (χ1) is 8.58. The summed E-state index contributed by atoms with van der Waals surface area (Å²) in [5.41, 5.74) is 0.834. The molecule has 18 heavy (non-hydrogen) atoms. The molecule has 1 N–H and O–H groups in total. The standard InChI is InChI=1S/C14H20ClNO2/c1-4-6-10(2)13(14(17)18-3)16-12-8-5-7-11(15)9-12/h5,7-10,13,16H,4,6H2,1-3H3. The van der Waals surface area contributed by atoms with E-state index in [9.17, 15) is 4.79 Å². The number of hydrogen-bond donors (Lipinski definition) is 1. The predicted molar refractivity (Wildman–Crippen MR) is 75.0 cm³/mol. The van der Waals surface area contributed by atoms with Crippen LogP contribution in [0.1, 0.15) is 26.7 Å². The van der Waals surface area contributed by atoms with Gasteiger partial charge in [0.15, 0.2) is 0 Å². The summed E-state index contributed by atoms with van der Waals surface area (Å²) in [5, 5.41) is 3.84. The van der Waals surface area contributed by atoms with Crippen molar-refractivity contribution in [2.45, 2.75) is 32.7 Å². The molecule has 0 saturated carbocycles. The van der Waals surface area contributed by atoms with Crippen molar-refractivity contribution in [3.63, 3.8) is 0 Å². The molecule has 0 aliphatic heterocycles. The van der Waals surface area contributed by atoms with Gasteiger partial charge in [-0.1, -0.05) is 37.9 Å². The van der Waals surface area contributed by atoms with Gasteiger partial charge in [0.25, 0.3) is 0 Å². The molecule has 0 spiro atoms. The number of carbonyl (C=O) groups is 1. The second-order valence-electron chi connectivity index (χ2n) is 4.42. The lowest BCUT2D eigenvalue weighted by Crippen LogP contribution is -2.36. The van der Waals surface area contributed by atoms with Gasteiger partial charge in [-0.05, 0) is 30.5 Å². The highest BCUT2D eigenvalue weighted by Gasteiger charge is 2.25. The van der Waals surface area contributed by atoms with Crippen LogP contribution >= 0.6 is 11.6 Å². The van der Waals surface area contributed by atoms with Crippen LogP contribution in [0.2, 0.25) is 5.02 Å². The molecule has 0 radical (unpaired) electrons. The minimum absolute atomic E-state index is 0.210. The molecule has 1 aromatic carbocycles. The van der Waals surface area contributed by atoms with E-state index in [1.54, 1.807) is 12.1 Å². The molecule has 3 nitrogen and oxygen atoms in total. The first-order valence-electron chi connectivity index (χ1n) is 6.18. The number of halogens is 1. The summed E-state index contributed by atoms with van der Waals surface area (Å²) in [6.45, 7) is 4.15. The number of ether oxygens (including phenoxy) is 1. The summed E-state index contributed by atoms with van der Waals surface area (Å²) < 4.78 is 4.85. The third kappa shape index (κ3) is 4.22. The molecule has 0 fully saturated rings. The van der Waals surface area contributed by atoms with E-state index < -0.39 is 0 Å². The monoisotopic (exact) mass is 269 g/mol. The molecule has 100 valence electrons. The van der Waals surface area contributed by atoms with Crippen LogP contribution in [-0.4, -0.2) is 19.1 Å². The molecule has 0 heterocycles. The summed E-state index contributed by atoms with van der Waals surface area (Å²) in [4.78, 5) is 11.8. The zero-order chi connectivity index (χ0) is 13.5. The lowest BCUT2D eigenvalue weighted by atomic mass is 9.96. The van der Waals surface area contributed by atoms with Gasteiger partial charge in [-0.15, -0.1) is 0 Å². The van der Waals surface area contributed by atoms with E-state index >= 15 is 0 Å². The van der Waals surface area contributed by atoms with Crippen molar-refractivity contribution in [1.29, 1.82) is 0 Å². The van der Waals surface area contributed by atoms with E-state index in [4.69, 9.17) is 16.3 Å². The van der Waals surface area contributed by atoms with Gasteiger partial charge >= 0.3 is 5.97 Å². The predicted octanol–water partition coefficient (Wildman–Crippen LogP) is 3.73. The molecule has 0 aliphatic carbocycles. The Labute approximate surface area is 113 Å². The van der Waals surface area contributed by atoms with Crippen LogP contribution in [0.25, 0.3) is 0 Å². The lowest BCUT2D eigenvalue weighted by molar-refractivity contribution is -0.142. The van der Waals surface area contributed by atoms with Crippen molar-refractivity contribution in [1.82, 2.24) is 0 Å². The summed E-state index contributed by atoms with van der Waals surface area (Å²) >= 11 is 5.93. The number of rotatable bonds is 6. The van der Waals surface area contributed by atoms with Crippen LogP contribution in [0.5, 0.6) is 0 Å². The second kappa shape index (κ2) is 7.27. The van der Waals surface area contributed by atoms with Crippen LogP contribution in [0.15, 0.2) is 24.3 Å². The van der Waals surface area contributed by atoms with Crippen LogP contribution < -0.4 is 5.32 Å². The van der Waals surface area contributed by atoms with Gasteiger partial charge in [-0.3, -0.25) is 0 Å². The number of nitrogens with one attached hydrogen (secondary N) is 1. The Balaban J connectivity index is 2.81. The Morgan fingerprint density at radius 3 is 2.78 bits per heavy atom. The van der Waals surface area contributed by atoms with E-state index in [1.807, 2.05) is 19.1 Å². The minimum atomic E-state index is -0.339. The molecular weight excluding hydrogens is 250 g/mol. The quantitative estimate of drug-likeness (QED) is 0.800. The largest absolute Gasteiger partial charge is 0.467 e. The van der Waals surface area contributed by atoms with Gasteiger partial charge in [0.05, 0.1) is 7.11 Å². The molecular formula is C14H20ClNO2. The molecule has 2 unspecified atom stereocenters. The Bertz CT molecular complexity index is 395. The number of hydrogen-bond acceptors (Lipinski definition) is 3. The van der Waals surface area contributed by atoms with Crippen molar-refractivity contribution in [3.8, 4) is 0 Å². The summed E-state index contributed by atoms with van der Waals surface area (Å²) in [6.07, 6.45) is 2.00. The number of methoxy groups -OCH3 is 1. The highest BCUT2D eigenvalue weighted by atomic mass is 35.5. The van der Waals surface area contributed by atoms with Crippen molar-refractivity contribution in [2.75, 3.05) is 12.4 Å².